The zero-order chi connectivity index (χ0) is 6.97. The van der Waals surface area contributed by atoms with E-state index in [0.29, 0.717) is 0 Å². The topological polar surface area (TPSA) is 43.0 Å². The van der Waals surface area contributed by atoms with Gasteiger partial charge >= 0.3 is 4.96 Å². The zero-order valence-corrected chi connectivity index (χ0v) is 7.97. The van der Waals surface area contributed by atoms with Crippen LogP contribution in [0, 0.1) is 0 Å². The first-order valence-electron chi connectivity index (χ1n) is 2.87. The Labute approximate surface area is 78.3 Å². The molecule has 2 N–H and O–H groups in total. The van der Waals surface area contributed by atoms with Gasteiger partial charge in [-0.05, 0) is 0 Å². The van der Waals surface area contributed by atoms with E-state index in [4.69, 9.17) is 5.73 Å². The van der Waals surface area contributed by atoms with Gasteiger partial charge in [-0.3, -0.25) is 0 Å². The monoisotopic (exact) mass is 231 g/mol. The second-order valence-corrected chi connectivity index (χ2v) is 2.77. The number of nitrogens with zero attached hydrogens (tertiary/aromatic N) is 2. The summed E-state index contributed by atoms with van der Waals surface area (Å²) in [6, 6.07) is 1.86. The van der Waals surface area contributed by atoms with Gasteiger partial charge < -0.3 is 22.7 Å². The average Bonchev–Trinajstić information content (AvgIpc) is 2.34. The molecule has 0 radical (unpaired) electrons. The third-order valence-corrected chi connectivity index (χ3v) is 2.15. The summed E-state index contributed by atoms with van der Waals surface area (Å²) in [5.74, 6) is 0.744. The number of fused-ring (bicyclic) bond motifs is 1. The number of rotatable bonds is 0. The van der Waals surface area contributed by atoms with Crippen LogP contribution in [0.4, 0.5) is 5.82 Å². The van der Waals surface area contributed by atoms with E-state index in [2.05, 4.69) is 4.98 Å². The summed E-state index contributed by atoms with van der Waals surface area (Å²) >= 11 is 1.54. The average molecular weight is 232 g/mol. The second-order valence-electron chi connectivity index (χ2n) is 1.93. The molecule has 0 saturated heterocycles. The minimum atomic E-state index is 0. The molecule has 0 saturated carbocycles. The molecule has 0 atom stereocenters. The predicted molar refractivity (Wildman–Crippen MR) is 39.7 cm³/mol. The van der Waals surface area contributed by atoms with E-state index < -0.39 is 0 Å². The Balaban J connectivity index is 0.000000605. The quantitative estimate of drug-likeness (QED) is 0.509. The molecule has 0 bridgehead atoms. The van der Waals surface area contributed by atoms with Gasteiger partial charge in [0, 0.05) is 6.07 Å². The Hall–Kier alpha value is -0.680. The van der Waals surface area contributed by atoms with Gasteiger partial charge in [0.25, 0.3) is 0 Å². The van der Waals surface area contributed by atoms with Crippen LogP contribution in [0.3, 0.4) is 0 Å². The number of nitrogens with two attached hydrogens (primary N) is 1. The van der Waals surface area contributed by atoms with E-state index in [1.165, 1.54) is 0 Å². The molecule has 2 aromatic heterocycles. The molecular formula is C6H6BrN3S. The molecule has 0 fully saturated rings. The van der Waals surface area contributed by atoms with Gasteiger partial charge in [0.1, 0.15) is 6.20 Å². The molecule has 2 heterocycles. The van der Waals surface area contributed by atoms with E-state index in [0.717, 1.165) is 10.8 Å². The summed E-state index contributed by atoms with van der Waals surface area (Å²) in [6.45, 7) is 0. The van der Waals surface area contributed by atoms with E-state index in [-0.39, 0.29) is 17.0 Å². The number of halogens is 1. The van der Waals surface area contributed by atoms with Crippen molar-refractivity contribution in [2.75, 3.05) is 5.73 Å². The van der Waals surface area contributed by atoms with Gasteiger partial charge in [0.05, 0.1) is 11.6 Å². The Morgan fingerprint density at radius 1 is 1.55 bits per heavy atom. The van der Waals surface area contributed by atoms with Crippen LogP contribution in [0.5, 0.6) is 0 Å². The lowest BCUT2D eigenvalue weighted by molar-refractivity contribution is -0.493. The lowest BCUT2D eigenvalue weighted by Gasteiger charge is -1.82. The van der Waals surface area contributed by atoms with Crippen LogP contribution in [0.25, 0.3) is 4.96 Å². The first-order valence-corrected chi connectivity index (χ1v) is 3.75. The van der Waals surface area contributed by atoms with Gasteiger partial charge in [-0.25, -0.2) is 0 Å². The standard InChI is InChI=1S/C6H6N3S.BrH/c7-5-4-10-6-8-2-1-3-9(5)6;/h1-4H,7H2;1H/q+1;/p-1. The molecule has 0 aliphatic carbocycles. The van der Waals surface area contributed by atoms with Gasteiger partial charge in [-0.1, -0.05) is 11.3 Å². The van der Waals surface area contributed by atoms with Crippen molar-refractivity contribution in [1.29, 1.82) is 0 Å². The zero-order valence-electron chi connectivity index (χ0n) is 5.57. The third kappa shape index (κ3) is 1.34. The predicted octanol–water partition coefficient (Wildman–Crippen LogP) is -2.53. The van der Waals surface area contributed by atoms with Gasteiger partial charge in [0.2, 0.25) is 5.82 Å². The maximum Gasteiger partial charge on any atom is 0.325 e. The normalized spacial score (nSPS) is 9.45. The van der Waals surface area contributed by atoms with Crippen LogP contribution in [0.2, 0.25) is 0 Å². The highest BCUT2D eigenvalue weighted by Gasteiger charge is 2.03. The summed E-state index contributed by atoms with van der Waals surface area (Å²) in [6.07, 6.45) is 3.65. The van der Waals surface area contributed by atoms with Crippen LogP contribution < -0.4 is 27.1 Å². The molecule has 2 rings (SSSR count). The van der Waals surface area contributed by atoms with Crippen molar-refractivity contribution in [1.82, 2.24) is 4.98 Å². The highest BCUT2D eigenvalue weighted by atomic mass is 79.9. The Morgan fingerprint density at radius 3 is 3.09 bits per heavy atom. The van der Waals surface area contributed by atoms with Crippen molar-refractivity contribution in [3.8, 4) is 0 Å². The summed E-state index contributed by atoms with van der Waals surface area (Å²) < 4.78 is 1.85. The van der Waals surface area contributed by atoms with Crippen molar-refractivity contribution in [3.63, 3.8) is 0 Å². The number of thiazole rings is 1. The number of aromatic nitrogens is 2. The summed E-state index contributed by atoms with van der Waals surface area (Å²) in [5.41, 5.74) is 5.61. The molecule has 3 nitrogen and oxygen atoms in total. The Bertz CT molecular complexity index is 359. The fourth-order valence-electron chi connectivity index (χ4n) is 0.811. The lowest BCUT2D eigenvalue weighted by Crippen LogP contribution is -3.00. The number of anilines is 1. The summed E-state index contributed by atoms with van der Waals surface area (Å²) in [4.78, 5) is 5.03. The van der Waals surface area contributed by atoms with Crippen molar-refractivity contribution in [2.45, 2.75) is 0 Å². The third-order valence-electron chi connectivity index (χ3n) is 1.28. The largest absolute Gasteiger partial charge is 1.00 e. The van der Waals surface area contributed by atoms with E-state index in [1.54, 1.807) is 17.5 Å². The molecule has 0 aliphatic rings. The Morgan fingerprint density at radius 2 is 2.36 bits per heavy atom. The fourth-order valence-corrected chi connectivity index (χ4v) is 1.55. The maximum atomic E-state index is 5.61. The maximum absolute atomic E-state index is 5.61. The number of nitrogen functional groups attached to an aromatic ring is 1. The molecule has 0 spiro atoms. The number of hydrogen-bond donors (Lipinski definition) is 1. The van der Waals surface area contributed by atoms with Crippen molar-refractivity contribution in [3.05, 3.63) is 23.8 Å². The molecule has 0 aromatic carbocycles. The van der Waals surface area contributed by atoms with Crippen molar-refractivity contribution in [2.24, 2.45) is 0 Å². The van der Waals surface area contributed by atoms with E-state index >= 15 is 0 Å². The van der Waals surface area contributed by atoms with Crippen LogP contribution in [0.1, 0.15) is 0 Å². The molecule has 58 valence electrons. The number of hydrogen-bond acceptors (Lipinski definition) is 3. The van der Waals surface area contributed by atoms with E-state index in [9.17, 15) is 0 Å². The first kappa shape index (κ1) is 8.42. The highest BCUT2D eigenvalue weighted by molar-refractivity contribution is 7.14. The molecular weight excluding hydrogens is 226 g/mol. The summed E-state index contributed by atoms with van der Waals surface area (Å²) in [7, 11) is 0. The van der Waals surface area contributed by atoms with E-state index in [1.807, 2.05) is 22.0 Å². The fraction of sp³-hybridized carbons (Fsp3) is 0. The van der Waals surface area contributed by atoms with Crippen LogP contribution in [-0.4, -0.2) is 4.98 Å². The molecule has 0 aliphatic heterocycles. The van der Waals surface area contributed by atoms with Crippen LogP contribution >= 0.6 is 11.3 Å². The molecule has 5 heteroatoms. The van der Waals surface area contributed by atoms with Gasteiger partial charge in [0.15, 0.2) is 0 Å². The highest BCUT2D eigenvalue weighted by Crippen LogP contribution is 2.05. The van der Waals surface area contributed by atoms with Crippen LogP contribution in [0.15, 0.2) is 23.8 Å². The SMILES string of the molecule is Nc1csc2nccc[n+]12.[Br-]. The molecule has 11 heavy (non-hydrogen) atoms. The van der Waals surface area contributed by atoms with Crippen molar-refractivity contribution >= 4 is 22.1 Å². The smallest absolute Gasteiger partial charge is 0.325 e. The molecule has 0 unspecified atom stereocenters. The van der Waals surface area contributed by atoms with Gasteiger partial charge in [-0.2, -0.15) is 4.40 Å². The van der Waals surface area contributed by atoms with Crippen molar-refractivity contribution < 1.29 is 21.4 Å². The lowest BCUT2D eigenvalue weighted by atomic mass is 10.6. The summed E-state index contributed by atoms with van der Waals surface area (Å²) in [5, 5.41) is 1.88. The van der Waals surface area contributed by atoms with Gasteiger partial charge in [-0.15, -0.1) is 4.98 Å². The molecule has 2 aromatic rings. The molecule has 0 amide bonds. The Kier molecular flexibility index (Phi) is 2.41. The minimum absolute atomic E-state index is 0. The first-order chi connectivity index (χ1) is 4.88. The minimum Gasteiger partial charge on any atom is -1.00 e. The van der Waals surface area contributed by atoms with Crippen LogP contribution in [-0.2, 0) is 0 Å². The second kappa shape index (κ2) is 3.15.